The van der Waals surface area contributed by atoms with Crippen molar-refractivity contribution in [1.29, 1.82) is 0 Å². The number of rotatable bonds is 10. The van der Waals surface area contributed by atoms with Crippen LogP contribution >= 0.6 is 11.8 Å². The summed E-state index contributed by atoms with van der Waals surface area (Å²) in [6.07, 6.45) is 3.45. The van der Waals surface area contributed by atoms with Gasteiger partial charge in [-0.1, -0.05) is 24.3 Å². The summed E-state index contributed by atoms with van der Waals surface area (Å²) in [5.41, 5.74) is 1.56. The number of anilines is 1. The quantitative estimate of drug-likeness (QED) is 0.546. The number of hydrogen-bond donors (Lipinski definition) is 2. The van der Waals surface area contributed by atoms with Gasteiger partial charge in [0.15, 0.2) is 0 Å². The maximum Gasteiger partial charge on any atom is 0.244 e. The molecule has 0 bridgehead atoms. The Hall–Kier alpha value is -2.43. The molecule has 2 amide bonds. The minimum atomic E-state index is -4.21. The lowest BCUT2D eigenvalue weighted by Crippen LogP contribution is -2.46. The van der Waals surface area contributed by atoms with Crippen LogP contribution in [0.2, 0.25) is 0 Å². The second-order valence-corrected chi connectivity index (χ2v) is 10.1. The highest BCUT2D eigenvalue weighted by Crippen LogP contribution is 2.22. The molecule has 0 radical (unpaired) electrons. The van der Waals surface area contributed by atoms with Gasteiger partial charge < -0.3 is 10.2 Å². The number of sulfonamides is 1. The molecule has 0 spiro atoms. The molecule has 0 aliphatic carbocycles. The number of carbonyl (C=O) groups is 2. The molecule has 1 heterocycles. The predicted molar refractivity (Wildman–Crippen MR) is 123 cm³/mol. The molecule has 1 unspecified atom stereocenters. The summed E-state index contributed by atoms with van der Waals surface area (Å²) in [5.74, 6) is -0.755. The molecule has 32 heavy (non-hydrogen) atoms. The monoisotopic (exact) mass is 479 g/mol. The van der Waals surface area contributed by atoms with Crippen molar-refractivity contribution in [3.8, 4) is 0 Å². The van der Waals surface area contributed by atoms with Crippen molar-refractivity contribution in [3.63, 3.8) is 0 Å². The van der Waals surface area contributed by atoms with Gasteiger partial charge in [0.05, 0.1) is 0 Å². The first-order valence-corrected chi connectivity index (χ1v) is 13.1. The third-order valence-electron chi connectivity index (χ3n) is 5.11. The van der Waals surface area contributed by atoms with Gasteiger partial charge in [-0.25, -0.2) is 12.8 Å². The van der Waals surface area contributed by atoms with E-state index < -0.39 is 32.7 Å². The van der Waals surface area contributed by atoms with Crippen molar-refractivity contribution in [2.75, 3.05) is 23.5 Å². The lowest BCUT2D eigenvalue weighted by atomic mass is 10.1. The fourth-order valence-corrected chi connectivity index (χ4v) is 5.24. The fraction of sp³-hybridized carbons (Fsp3) is 0.364. The van der Waals surface area contributed by atoms with Crippen LogP contribution in [0.3, 0.4) is 0 Å². The van der Waals surface area contributed by atoms with Gasteiger partial charge in [0.1, 0.15) is 16.8 Å². The van der Waals surface area contributed by atoms with Crippen molar-refractivity contribution < 1.29 is 22.4 Å². The average Bonchev–Trinajstić information content (AvgIpc) is 3.21. The zero-order chi connectivity index (χ0) is 23.1. The molecular weight excluding hydrogens is 453 g/mol. The molecule has 2 N–H and O–H groups in total. The van der Waals surface area contributed by atoms with Crippen LogP contribution in [0.15, 0.2) is 53.4 Å². The van der Waals surface area contributed by atoms with Gasteiger partial charge in [-0.15, -0.1) is 0 Å². The van der Waals surface area contributed by atoms with Gasteiger partial charge in [0.2, 0.25) is 21.8 Å². The molecule has 1 aliphatic rings. The maximum atomic E-state index is 14.0. The van der Waals surface area contributed by atoms with Crippen molar-refractivity contribution in [1.82, 2.24) is 10.0 Å². The summed E-state index contributed by atoms with van der Waals surface area (Å²) in [7, 11) is -4.21. The van der Waals surface area contributed by atoms with Crippen LogP contribution in [0, 0.1) is 5.82 Å². The molecule has 1 atom stereocenters. The van der Waals surface area contributed by atoms with Gasteiger partial charge >= 0.3 is 0 Å². The largest absolute Gasteiger partial charge is 0.351 e. The zero-order valence-corrected chi connectivity index (χ0v) is 19.3. The number of benzene rings is 2. The Morgan fingerprint density at radius 3 is 2.69 bits per heavy atom. The summed E-state index contributed by atoms with van der Waals surface area (Å²) in [5, 5.41) is 2.75. The van der Waals surface area contributed by atoms with E-state index >= 15 is 0 Å². The highest BCUT2D eigenvalue weighted by Gasteiger charge is 2.27. The van der Waals surface area contributed by atoms with Crippen LogP contribution < -0.4 is 14.9 Å². The summed E-state index contributed by atoms with van der Waals surface area (Å²) in [6, 6.07) is 11.3. The van der Waals surface area contributed by atoms with Gasteiger partial charge in [-0.05, 0) is 54.7 Å². The van der Waals surface area contributed by atoms with E-state index in [-0.39, 0.29) is 18.9 Å². The van der Waals surface area contributed by atoms with E-state index in [9.17, 15) is 22.4 Å². The molecule has 7 nitrogen and oxygen atoms in total. The van der Waals surface area contributed by atoms with Crippen LogP contribution in [0.5, 0.6) is 0 Å². The van der Waals surface area contributed by atoms with E-state index in [0.29, 0.717) is 18.7 Å². The van der Waals surface area contributed by atoms with Crippen LogP contribution in [0.4, 0.5) is 10.1 Å². The Morgan fingerprint density at radius 1 is 1.22 bits per heavy atom. The van der Waals surface area contributed by atoms with Crippen molar-refractivity contribution in [3.05, 3.63) is 59.9 Å². The van der Waals surface area contributed by atoms with Crippen LogP contribution in [0.1, 0.15) is 24.8 Å². The van der Waals surface area contributed by atoms with E-state index in [4.69, 9.17) is 0 Å². The lowest BCUT2D eigenvalue weighted by molar-refractivity contribution is -0.123. The summed E-state index contributed by atoms with van der Waals surface area (Å²) >= 11 is 1.48. The Kier molecular flexibility index (Phi) is 8.27. The van der Waals surface area contributed by atoms with Crippen molar-refractivity contribution >= 4 is 39.3 Å². The SMILES string of the molecule is CSCCC(NS(=O)(=O)c1ccccc1F)C(=O)NCc1cccc(N2CCCC2=O)c1. The van der Waals surface area contributed by atoms with E-state index in [1.54, 1.807) is 4.90 Å². The van der Waals surface area contributed by atoms with Crippen LogP contribution in [0.25, 0.3) is 0 Å². The first-order valence-electron chi connectivity index (χ1n) is 10.2. The number of nitrogens with one attached hydrogen (secondary N) is 2. The fourth-order valence-electron chi connectivity index (χ4n) is 3.46. The molecule has 2 aromatic rings. The first-order chi connectivity index (χ1) is 15.3. The number of hydrogen-bond acceptors (Lipinski definition) is 5. The zero-order valence-electron chi connectivity index (χ0n) is 17.7. The Bertz CT molecular complexity index is 1080. The molecule has 3 rings (SSSR count). The molecular formula is C22H26FN3O4S2. The molecule has 0 saturated carbocycles. The Labute approximate surface area is 191 Å². The summed E-state index contributed by atoms with van der Waals surface area (Å²) < 4.78 is 41.6. The summed E-state index contributed by atoms with van der Waals surface area (Å²) in [4.78, 5) is 26.0. The first kappa shape index (κ1) is 24.2. The predicted octanol–water partition coefficient (Wildman–Crippen LogP) is 2.67. The van der Waals surface area contributed by atoms with Gasteiger partial charge in [0.25, 0.3) is 0 Å². The van der Waals surface area contributed by atoms with Gasteiger partial charge in [-0.3, -0.25) is 9.59 Å². The van der Waals surface area contributed by atoms with Gasteiger partial charge in [0, 0.05) is 25.2 Å². The minimum Gasteiger partial charge on any atom is -0.351 e. The van der Waals surface area contributed by atoms with Gasteiger partial charge in [-0.2, -0.15) is 16.5 Å². The van der Waals surface area contributed by atoms with Crippen LogP contribution in [-0.4, -0.2) is 44.8 Å². The van der Waals surface area contributed by atoms with E-state index in [2.05, 4.69) is 10.0 Å². The number of carbonyl (C=O) groups excluding carboxylic acids is 2. The third-order valence-corrected chi connectivity index (χ3v) is 7.26. The normalized spacial score (nSPS) is 15.1. The van der Waals surface area contributed by atoms with Crippen LogP contribution in [-0.2, 0) is 26.2 Å². The Balaban J connectivity index is 1.69. The lowest BCUT2D eigenvalue weighted by Gasteiger charge is -2.19. The Morgan fingerprint density at radius 2 is 2.00 bits per heavy atom. The molecule has 1 fully saturated rings. The number of amides is 2. The van der Waals surface area contributed by atoms with Crippen molar-refractivity contribution in [2.45, 2.75) is 36.7 Å². The highest BCUT2D eigenvalue weighted by molar-refractivity contribution is 7.98. The second-order valence-electron chi connectivity index (χ2n) is 7.42. The smallest absolute Gasteiger partial charge is 0.244 e. The van der Waals surface area contributed by atoms with E-state index in [1.807, 2.05) is 30.5 Å². The van der Waals surface area contributed by atoms with E-state index in [1.165, 1.54) is 23.9 Å². The summed E-state index contributed by atoms with van der Waals surface area (Å²) in [6.45, 7) is 0.842. The molecule has 10 heteroatoms. The second kappa shape index (κ2) is 10.9. The standard InChI is InChI=1S/C22H26FN3O4S2/c1-31-13-11-19(25-32(29,30)20-9-3-2-8-18(20)23)22(28)24-15-16-6-4-7-17(14-16)26-12-5-10-21(26)27/h2-4,6-9,14,19,25H,5,10-13,15H2,1H3,(H,24,28). The minimum absolute atomic E-state index is 0.0749. The highest BCUT2D eigenvalue weighted by atomic mass is 32.2. The maximum absolute atomic E-state index is 14.0. The molecule has 172 valence electrons. The topological polar surface area (TPSA) is 95.6 Å². The number of thioether (sulfide) groups is 1. The van der Waals surface area contributed by atoms with Crippen molar-refractivity contribution in [2.24, 2.45) is 0 Å². The number of halogens is 1. The molecule has 1 aliphatic heterocycles. The molecule has 1 saturated heterocycles. The average molecular weight is 480 g/mol. The number of nitrogens with zero attached hydrogens (tertiary/aromatic N) is 1. The third kappa shape index (κ3) is 6.08. The molecule has 0 aromatic heterocycles. The van der Waals surface area contributed by atoms with E-state index in [0.717, 1.165) is 29.8 Å². The molecule has 2 aromatic carbocycles.